The molecule has 1 aliphatic heterocycles. The van der Waals surface area contributed by atoms with Crippen LogP contribution in [0, 0.1) is 5.92 Å². The van der Waals surface area contributed by atoms with Crippen molar-refractivity contribution in [1.82, 2.24) is 29.5 Å². The summed E-state index contributed by atoms with van der Waals surface area (Å²) >= 11 is 0. The van der Waals surface area contributed by atoms with Crippen molar-refractivity contribution in [3.8, 4) is 5.95 Å². The second-order valence-corrected chi connectivity index (χ2v) is 7.50. The molecule has 3 amide bonds. The first-order valence-corrected chi connectivity index (χ1v) is 9.51. The molecule has 0 atom stereocenters. The Morgan fingerprint density at radius 1 is 1.18 bits per heavy atom. The van der Waals surface area contributed by atoms with Gasteiger partial charge in [-0.3, -0.25) is 4.79 Å². The van der Waals surface area contributed by atoms with Crippen LogP contribution in [-0.2, 0) is 4.79 Å². The number of hydrogen-bond donors (Lipinski definition) is 1. The number of urea groups is 1. The number of likely N-dealkylation sites (tertiary alicyclic amines) is 1. The van der Waals surface area contributed by atoms with Crippen molar-refractivity contribution >= 4 is 17.8 Å². The summed E-state index contributed by atoms with van der Waals surface area (Å²) in [7, 11) is 3.47. The molecule has 3 rings (SSSR count). The summed E-state index contributed by atoms with van der Waals surface area (Å²) in [6.45, 7) is 5.24. The number of carbonyl (C=O) groups is 2. The largest absolute Gasteiger partial charge is 0.331 e. The minimum absolute atomic E-state index is 0.0141. The molecule has 0 aliphatic carbocycles. The van der Waals surface area contributed by atoms with Crippen molar-refractivity contribution in [3.63, 3.8) is 0 Å². The van der Waals surface area contributed by atoms with E-state index in [1.54, 1.807) is 47.0 Å². The topological polar surface area (TPSA) is 96.2 Å². The van der Waals surface area contributed by atoms with Crippen LogP contribution in [0.25, 0.3) is 5.95 Å². The average Bonchev–Trinajstić information content (AvgIpc) is 3.12. The van der Waals surface area contributed by atoms with Crippen molar-refractivity contribution < 1.29 is 9.59 Å². The third-order valence-corrected chi connectivity index (χ3v) is 4.83. The van der Waals surface area contributed by atoms with Crippen LogP contribution in [0.15, 0.2) is 24.5 Å². The highest BCUT2D eigenvalue weighted by Gasteiger charge is 2.29. The van der Waals surface area contributed by atoms with Crippen LogP contribution in [0.3, 0.4) is 0 Å². The van der Waals surface area contributed by atoms with E-state index in [1.165, 1.54) is 0 Å². The number of rotatable bonds is 4. The zero-order valence-corrected chi connectivity index (χ0v) is 16.8. The number of nitrogens with zero attached hydrogens (tertiary/aromatic N) is 6. The van der Waals surface area contributed by atoms with E-state index in [0.29, 0.717) is 37.7 Å². The average molecular weight is 385 g/mol. The van der Waals surface area contributed by atoms with E-state index in [9.17, 15) is 9.59 Å². The number of hydrogen-bond acceptors (Lipinski definition) is 5. The second-order valence-electron chi connectivity index (χ2n) is 7.50. The fourth-order valence-electron chi connectivity index (χ4n) is 3.17. The molecule has 0 spiro atoms. The SMILES string of the molecule is CC(C)c1cc(NC(=O)C2CCN(C(=O)N(C)C)CC2)n(-c2ncccn2)n1. The monoisotopic (exact) mass is 385 g/mol. The van der Waals surface area contributed by atoms with Crippen molar-refractivity contribution in [2.24, 2.45) is 5.92 Å². The number of nitrogens with one attached hydrogen (secondary N) is 1. The van der Waals surface area contributed by atoms with Crippen LogP contribution in [0.2, 0.25) is 0 Å². The molecule has 150 valence electrons. The third kappa shape index (κ3) is 4.29. The summed E-state index contributed by atoms with van der Waals surface area (Å²) in [5, 5.41) is 7.54. The Hall–Kier alpha value is -2.97. The van der Waals surface area contributed by atoms with Gasteiger partial charge in [0, 0.05) is 51.6 Å². The summed E-state index contributed by atoms with van der Waals surface area (Å²) in [4.78, 5) is 36.7. The minimum Gasteiger partial charge on any atom is -0.331 e. The van der Waals surface area contributed by atoms with E-state index in [0.717, 1.165) is 5.69 Å². The first-order chi connectivity index (χ1) is 13.4. The Morgan fingerprint density at radius 3 is 2.39 bits per heavy atom. The van der Waals surface area contributed by atoms with Gasteiger partial charge in [-0.05, 0) is 24.8 Å². The molecule has 28 heavy (non-hydrogen) atoms. The fourth-order valence-corrected chi connectivity index (χ4v) is 3.17. The van der Waals surface area contributed by atoms with Gasteiger partial charge in [0.25, 0.3) is 5.95 Å². The fraction of sp³-hybridized carbons (Fsp3) is 0.526. The van der Waals surface area contributed by atoms with Crippen molar-refractivity contribution in [2.45, 2.75) is 32.6 Å². The normalized spacial score (nSPS) is 15.0. The Kier molecular flexibility index (Phi) is 5.91. The molecule has 3 heterocycles. The van der Waals surface area contributed by atoms with Crippen LogP contribution in [0.4, 0.5) is 10.6 Å². The molecule has 9 heteroatoms. The Labute approximate surface area is 164 Å². The van der Waals surface area contributed by atoms with Gasteiger partial charge in [0.2, 0.25) is 5.91 Å². The zero-order chi connectivity index (χ0) is 20.3. The molecule has 9 nitrogen and oxygen atoms in total. The van der Waals surface area contributed by atoms with E-state index in [-0.39, 0.29) is 23.8 Å². The summed E-state index contributed by atoms with van der Waals surface area (Å²) in [5.74, 6) is 0.974. The van der Waals surface area contributed by atoms with Gasteiger partial charge < -0.3 is 15.1 Å². The van der Waals surface area contributed by atoms with Crippen LogP contribution >= 0.6 is 0 Å². The molecule has 0 unspecified atom stereocenters. The Balaban J connectivity index is 1.72. The maximum Gasteiger partial charge on any atom is 0.319 e. The zero-order valence-electron chi connectivity index (χ0n) is 16.8. The van der Waals surface area contributed by atoms with Gasteiger partial charge in [-0.2, -0.15) is 9.78 Å². The Morgan fingerprint density at radius 2 is 1.82 bits per heavy atom. The van der Waals surface area contributed by atoms with E-state index >= 15 is 0 Å². The summed E-state index contributed by atoms with van der Waals surface area (Å²) in [6.07, 6.45) is 4.56. The molecule has 0 aromatic carbocycles. The van der Waals surface area contributed by atoms with Crippen molar-refractivity contribution in [3.05, 3.63) is 30.2 Å². The quantitative estimate of drug-likeness (QED) is 0.870. The van der Waals surface area contributed by atoms with Gasteiger partial charge in [-0.1, -0.05) is 13.8 Å². The lowest BCUT2D eigenvalue weighted by atomic mass is 9.96. The maximum atomic E-state index is 12.8. The predicted molar refractivity (Wildman–Crippen MR) is 105 cm³/mol. The summed E-state index contributed by atoms with van der Waals surface area (Å²) in [6, 6.07) is 3.58. The highest BCUT2D eigenvalue weighted by atomic mass is 16.2. The minimum atomic E-state index is -0.145. The van der Waals surface area contributed by atoms with Crippen molar-refractivity contribution in [1.29, 1.82) is 0 Å². The van der Waals surface area contributed by atoms with Crippen LogP contribution in [0.1, 0.15) is 38.3 Å². The van der Waals surface area contributed by atoms with Gasteiger partial charge in [-0.25, -0.2) is 14.8 Å². The Bertz CT molecular complexity index is 824. The summed E-state index contributed by atoms with van der Waals surface area (Å²) < 4.78 is 1.57. The van der Waals surface area contributed by atoms with Crippen molar-refractivity contribution in [2.75, 3.05) is 32.5 Å². The molecule has 0 radical (unpaired) electrons. The molecular formula is C19H27N7O2. The number of carbonyl (C=O) groups excluding carboxylic acids is 2. The number of aromatic nitrogens is 4. The molecule has 2 aromatic heterocycles. The molecule has 0 saturated carbocycles. The van der Waals surface area contributed by atoms with E-state index in [4.69, 9.17) is 0 Å². The lowest BCUT2D eigenvalue weighted by Crippen LogP contribution is -2.45. The van der Waals surface area contributed by atoms with Crippen LogP contribution in [-0.4, -0.2) is 68.7 Å². The van der Waals surface area contributed by atoms with E-state index in [2.05, 4.69) is 20.4 Å². The van der Waals surface area contributed by atoms with Crippen LogP contribution in [0.5, 0.6) is 0 Å². The molecule has 0 bridgehead atoms. The van der Waals surface area contributed by atoms with Gasteiger partial charge in [0.1, 0.15) is 5.82 Å². The van der Waals surface area contributed by atoms with E-state index < -0.39 is 0 Å². The lowest BCUT2D eigenvalue weighted by Gasteiger charge is -2.33. The molecular weight excluding hydrogens is 358 g/mol. The van der Waals surface area contributed by atoms with Gasteiger partial charge >= 0.3 is 6.03 Å². The van der Waals surface area contributed by atoms with Crippen LogP contribution < -0.4 is 5.32 Å². The molecule has 1 N–H and O–H groups in total. The number of piperidine rings is 1. The van der Waals surface area contributed by atoms with Gasteiger partial charge in [0.05, 0.1) is 5.69 Å². The summed E-state index contributed by atoms with van der Waals surface area (Å²) in [5.41, 5.74) is 0.856. The standard InChI is InChI=1S/C19H27N7O2/c1-13(2)15-12-16(26(23-15)18-20-8-5-9-21-18)22-17(27)14-6-10-25(11-7-14)19(28)24(3)4/h5,8-9,12-14H,6-7,10-11H2,1-4H3,(H,22,27). The third-order valence-electron chi connectivity index (χ3n) is 4.83. The molecule has 1 fully saturated rings. The number of anilines is 1. The maximum absolute atomic E-state index is 12.8. The van der Waals surface area contributed by atoms with E-state index in [1.807, 2.05) is 19.9 Å². The first kappa shape index (κ1) is 19.8. The lowest BCUT2D eigenvalue weighted by molar-refractivity contribution is -0.121. The van der Waals surface area contributed by atoms with Gasteiger partial charge in [0.15, 0.2) is 0 Å². The second kappa shape index (κ2) is 8.37. The molecule has 1 saturated heterocycles. The number of amides is 3. The highest BCUT2D eigenvalue weighted by molar-refractivity contribution is 5.92. The smallest absolute Gasteiger partial charge is 0.319 e. The molecule has 2 aromatic rings. The highest BCUT2D eigenvalue weighted by Crippen LogP contribution is 2.23. The predicted octanol–water partition coefficient (Wildman–Crippen LogP) is 2.12. The molecule has 1 aliphatic rings. The first-order valence-electron chi connectivity index (χ1n) is 9.51. The van der Waals surface area contributed by atoms with Gasteiger partial charge in [-0.15, -0.1) is 0 Å².